The molecule has 0 fully saturated rings. The number of ketones is 1. The van der Waals surface area contributed by atoms with E-state index in [1.54, 1.807) is 0 Å². The number of benzene rings is 1. The first kappa shape index (κ1) is 16.9. The maximum atomic E-state index is 12.6. The molecule has 1 unspecified atom stereocenters. The molecule has 0 radical (unpaired) electrons. The molecule has 20 heavy (non-hydrogen) atoms. The first-order valence-corrected chi connectivity index (χ1v) is 7.95. The SMILES string of the molecule is CCCCN(CCCC)C(C)C(=O)c1ccc(C)cc1. The van der Waals surface area contributed by atoms with Crippen LogP contribution in [0, 0.1) is 6.92 Å². The summed E-state index contributed by atoms with van der Waals surface area (Å²) in [6, 6.07) is 7.92. The molecule has 0 aliphatic rings. The summed E-state index contributed by atoms with van der Waals surface area (Å²) in [5.74, 6) is 0.247. The minimum atomic E-state index is -0.0178. The lowest BCUT2D eigenvalue weighted by molar-refractivity contribution is 0.0833. The number of carbonyl (C=O) groups is 1. The molecular formula is C18H29NO. The molecule has 2 nitrogen and oxygen atoms in total. The van der Waals surface area contributed by atoms with E-state index in [0.29, 0.717) is 0 Å². The fourth-order valence-electron chi connectivity index (χ4n) is 2.35. The number of hydrogen-bond donors (Lipinski definition) is 0. The average Bonchev–Trinajstić information content (AvgIpc) is 2.47. The number of Topliss-reactive ketones (excluding diaryl/α,β-unsaturated/α-hetero) is 1. The van der Waals surface area contributed by atoms with Gasteiger partial charge in [-0.3, -0.25) is 9.69 Å². The third-order valence-electron chi connectivity index (χ3n) is 3.86. The van der Waals surface area contributed by atoms with Crippen LogP contribution in [0.5, 0.6) is 0 Å². The van der Waals surface area contributed by atoms with E-state index in [1.165, 1.54) is 18.4 Å². The molecule has 2 heteroatoms. The van der Waals surface area contributed by atoms with Crippen molar-refractivity contribution < 1.29 is 4.79 Å². The summed E-state index contributed by atoms with van der Waals surface area (Å²) in [6.07, 6.45) is 4.67. The van der Waals surface area contributed by atoms with Crippen LogP contribution in [-0.4, -0.2) is 29.8 Å². The number of aryl methyl sites for hydroxylation is 1. The summed E-state index contributed by atoms with van der Waals surface area (Å²) < 4.78 is 0. The molecule has 0 aromatic heterocycles. The molecule has 1 aromatic rings. The molecule has 1 atom stereocenters. The van der Waals surface area contributed by atoms with Crippen molar-refractivity contribution in [1.82, 2.24) is 4.90 Å². The van der Waals surface area contributed by atoms with E-state index in [-0.39, 0.29) is 11.8 Å². The number of unbranched alkanes of at least 4 members (excludes halogenated alkanes) is 2. The number of nitrogens with zero attached hydrogens (tertiary/aromatic N) is 1. The Bertz CT molecular complexity index is 388. The van der Waals surface area contributed by atoms with E-state index in [4.69, 9.17) is 0 Å². The van der Waals surface area contributed by atoms with Crippen LogP contribution in [0.15, 0.2) is 24.3 Å². The summed E-state index contributed by atoms with van der Waals surface area (Å²) in [5.41, 5.74) is 2.03. The fourth-order valence-corrected chi connectivity index (χ4v) is 2.35. The zero-order chi connectivity index (χ0) is 15.0. The van der Waals surface area contributed by atoms with Gasteiger partial charge in [-0.25, -0.2) is 0 Å². The second kappa shape index (κ2) is 8.91. The highest BCUT2D eigenvalue weighted by atomic mass is 16.1. The molecule has 112 valence electrons. The number of rotatable bonds is 9. The molecule has 0 saturated heterocycles. The van der Waals surface area contributed by atoms with Crippen LogP contribution in [0.3, 0.4) is 0 Å². The smallest absolute Gasteiger partial charge is 0.179 e. The lowest BCUT2D eigenvalue weighted by Gasteiger charge is -2.28. The zero-order valence-corrected chi connectivity index (χ0v) is 13.5. The Morgan fingerprint density at radius 2 is 1.55 bits per heavy atom. The van der Waals surface area contributed by atoms with Crippen molar-refractivity contribution in [3.05, 3.63) is 35.4 Å². The molecule has 1 aromatic carbocycles. The van der Waals surface area contributed by atoms with Gasteiger partial charge in [-0.2, -0.15) is 0 Å². The van der Waals surface area contributed by atoms with Crippen LogP contribution in [-0.2, 0) is 0 Å². The number of hydrogen-bond acceptors (Lipinski definition) is 2. The van der Waals surface area contributed by atoms with Crippen LogP contribution in [0.25, 0.3) is 0 Å². The molecule has 0 aliphatic heterocycles. The Morgan fingerprint density at radius 1 is 1.05 bits per heavy atom. The molecule has 0 amide bonds. The van der Waals surface area contributed by atoms with Gasteiger partial charge >= 0.3 is 0 Å². The Hall–Kier alpha value is -1.15. The van der Waals surface area contributed by atoms with Gasteiger partial charge in [-0.1, -0.05) is 56.5 Å². The zero-order valence-electron chi connectivity index (χ0n) is 13.5. The predicted molar refractivity (Wildman–Crippen MR) is 86.4 cm³/mol. The van der Waals surface area contributed by atoms with E-state index < -0.39 is 0 Å². The van der Waals surface area contributed by atoms with Crippen LogP contribution in [0.2, 0.25) is 0 Å². The predicted octanol–water partition coefficient (Wildman–Crippen LogP) is 4.47. The Labute approximate surface area is 124 Å². The van der Waals surface area contributed by atoms with Crippen molar-refractivity contribution in [3.8, 4) is 0 Å². The van der Waals surface area contributed by atoms with Gasteiger partial charge in [0.1, 0.15) is 0 Å². The molecule has 0 aliphatic carbocycles. The highest BCUT2D eigenvalue weighted by Crippen LogP contribution is 2.12. The lowest BCUT2D eigenvalue weighted by atomic mass is 10.0. The first-order valence-electron chi connectivity index (χ1n) is 7.95. The largest absolute Gasteiger partial charge is 0.294 e. The van der Waals surface area contributed by atoms with E-state index in [2.05, 4.69) is 18.7 Å². The monoisotopic (exact) mass is 275 g/mol. The van der Waals surface area contributed by atoms with Crippen LogP contribution >= 0.6 is 0 Å². The maximum absolute atomic E-state index is 12.6. The molecule has 0 heterocycles. The van der Waals surface area contributed by atoms with Gasteiger partial charge in [-0.15, -0.1) is 0 Å². The van der Waals surface area contributed by atoms with E-state index in [1.807, 2.05) is 38.1 Å². The van der Waals surface area contributed by atoms with Crippen molar-refractivity contribution in [1.29, 1.82) is 0 Å². The minimum Gasteiger partial charge on any atom is -0.294 e. The van der Waals surface area contributed by atoms with E-state index in [9.17, 15) is 4.79 Å². The highest BCUT2D eigenvalue weighted by molar-refractivity contribution is 5.99. The third kappa shape index (κ3) is 5.09. The summed E-state index contributed by atoms with van der Waals surface area (Å²) in [7, 11) is 0. The number of carbonyl (C=O) groups excluding carboxylic acids is 1. The molecule has 0 spiro atoms. The van der Waals surface area contributed by atoms with Crippen LogP contribution in [0.1, 0.15) is 62.4 Å². The highest BCUT2D eigenvalue weighted by Gasteiger charge is 2.21. The van der Waals surface area contributed by atoms with Gasteiger partial charge in [0.05, 0.1) is 6.04 Å². The third-order valence-corrected chi connectivity index (χ3v) is 3.86. The Morgan fingerprint density at radius 3 is 2.00 bits per heavy atom. The van der Waals surface area contributed by atoms with Gasteiger partial charge in [0.2, 0.25) is 0 Å². The van der Waals surface area contributed by atoms with Crippen LogP contribution in [0.4, 0.5) is 0 Å². The summed E-state index contributed by atoms with van der Waals surface area (Å²) in [6.45, 7) is 10.5. The maximum Gasteiger partial charge on any atom is 0.179 e. The Kier molecular flexibility index (Phi) is 7.53. The second-order valence-corrected chi connectivity index (χ2v) is 5.65. The van der Waals surface area contributed by atoms with E-state index in [0.717, 1.165) is 31.5 Å². The second-order valence-electron chi connectivity index (χ2n) is 5.65. The van der Waals surface area contributed by atoms with Crippen molar-refractivity contribution in [2.24, 2.45) is 0 Å². The van der Waals surface area contributed by atoms with Gasteiger partial charge in [0.25, 0.3) is 0 Å². The molecular weight excluding hydrogens is 246 g/mol. The summed E-state index contributed by atoms with van der Waals surface area (Å²) in [5, 5.41) is 0. The molecule has 0 saturated carbocycles. The fraction of sp³-hybridized carbons (Fsp3) is 0.611. The first-order chi connectivity index (χ1) is 9.60. The van der Waals surface area contributed by atoms with Crippen molar-refractivity contribution in [2.45, 2.75) is 59.4 Å². The minimum absolute atomic E-state index is 0.0178. The average molecular weight is 275 g/mol. The normalized spacial score (nSPS) is 12.7. The van der Waals surface area contributed by atoms with Crippen molar-refractivity contribution >= 4 is 5.78 Å². The van der Waals surface area contributed by atoms with Crippen LogP contribution < -0.4 is 0 Å². The van der Waals surface area contributed by atoms with Gasteiger partial charge in [-0.05, 0) is 39.8 Å². The van der Waals surface area contributed by atoms with Gasteiger partial charge < -0.3 is 0 Å². The van der Waals surface area contributed by atoms with Gasteiger partial charge in [0.15, 0.2) is 5.78 Å². The molecule has 1 rings (SSSR count). The van der Waals surface area contributed by atoms with E-state index >= 15 is 0 Å². The Balaban J connectivity index is 2.73. The van der Waals surface area contributed by atoms with Gasteiger partial charge in [0, 0.05) is 5.56 Å². The topological polar surface area (TPSA) is 20.3 Å². The summed E-state index contributed by atoms with van der Waals surface area (Å²) in [4.78, 5) is 14.9. The van der Waals surface area contributed by atoms with Crippen molar-refractivity contribution in [3.63, 3.8) is 0 Å². The summed E-state index contributed by atoms with van der Waals surface area (Å²) >= 11 is 0. The quantitative estimate of drug-likeness (QED) is 0.620. The standard InChI is InChI=1S/C18H29NO/c1-5-7-13-19(14-8-6-2)16(4)18(20)17-11-9-15(3)10-12-17/h9-12,16H,5-8,13-14H2,1-4H3. The molecule has 0 bridgehead atoms. The van der Waals surface area contributed by atoms with Crippen molar-refractivity contribution in [2.75, 3.05) is 13.1 Å². The molecule has 0 N–H and O–H groups in total. The lowest BCUT2D eigenvalue weighted by Crippen LogP contribution is -2.40.